The number of rotatable bonds is 4. The lowest BCUT2D eigenvalue weighted by Gasteiger charge is -2.00. The molecule has 0 radical (unpaired) electrons. The molecule has 0 saturated carbocycles. The molecule has 3 aromatic heterocycles. The maximum absolute atomic E-state index is 12.4. The number of fused-ring (bicyclic) bond motifs is 1. The molecule has 0 N–H and O–H groups in total. The van der Waals surface area contributed by atoms with Gasteiger partial charge >= 0.3 is 0 Å². The van der Waals surface area contributed by atoms with Crippen molar-refractivity contribution in [3.05, 3.63) is 75.6 Å². The molecule has 0 unspecified atom stereocenters. The van der Waals surface area contributed by atoms with Crippen molar-refractivity contribution in [1.82, 2.24) is 9.38 Å². The Morgan fingerprint density at radius 1 is 1.21 bits per heavy atom. The van der Waals surface area contributed by atoms with E-state index in [4.69, 9.17) is 4.98 Å². The van der Waals surface area contributed by atoms with Crippen molar-refractivity contribution in [3.63, 3.8) is 0 Å². The fourth-order valence-corrected chi connectivity index (χ4v) is 4.19. The number of nitrogens with zero attached hydrogens (tertiary/aromatic N) is 2. The molecule has 0 fully saturated rings. The van der Waals surface area contributed by atoms with Crippen LogP contribution in [0.25, 0.3) is 22.3 Å². The van der Waals surface area contributed by atoms with Gasteiger partial charge in [-0.1, -0.05) is 30.3 Å². The molecule has 0 aliphatic carbocycles. The lowest BCUT2D eigenvalue weighted by Crippen LogP contribution is -1.94. The van der Waals surface area contributed by atoms with Crippen LogP contribution >= 0.6 is 22.7 Å². The molecule has 0 atom stereocenters. The number of imidazole rings is 1. The Bertz CT molecular complexity index is 1040. The van der Waals surface area contributed by atoms with Crippen LogP contribution < -0.4 is 0 Å². The maximum atomic E-state index is 12.4. The molecule has 3 heterocycles. The van der Waals surface area contributed by atoms with E-state index in [0.717, 1.165) is 33.0 Å². The van der Waals surface area contributed by atoms with Gasteiger partial charge in [0.1, 0.15) is 0 Å². The highest BCUT2D eigenvalue weighted by atomic mass is 32.1. The van der Waals surface area contributed by atoms with Crippen LogP contribution in [0.5, 0.6) is 0 Å². The summed E-state index contributed by atoms with van der Waals surface area (Å²) in [5.41, 5.74) is 4.66. The minimum atomic E-state index is 0.0259. The number of aromatic nitrogens is 2. The van der Waals surface area contributed by atoms with Gasteiger partial charge in [-0.2, -0.15) is 11.3 Å². The summed E-state index contributed by atoms with van der Waals surface area (Å²) >= 11 is 3.14. The number of ketones is 1. The van der Waals surface area contributed by atoms with Gasteiger partial charge in [-0.25, -0.2) is 4.98 Å². The largest absolute Gasteiger partial charge is 0.290 e. The van der Waals surface area contributed by atoms with E-state index >= 15 is 0 Å². The molecular formula is C19H14N2OS2. The summed E-state index contributed by atoms with van der Waals surface area (Å²) < 4.78 is 2.03. The van der Waals surface area contributed by atoms with Gasteiger partial charge in [0.05, 0.1) is 11.4 Å². The molecule has 118 valence electrons. The van der Waals surface area contributed by atoms with Crippen molar-refractivity contribution >= 4 is 39.5 Å². The van der Waals surface area contributed by atoms with Crippen molar-refractivity contribution in [2.45, 2.75) is 6.92 Å². The van der Waals surface area contributed by atoms with Crippen LogP contribution in [-0.2, 0) is 0 Å². The minimum Gasteiger partial charge on any atom is -0.290 e. The zero-order chi connectivity index (χ0) is 16.5. The van der Waals surface area contributed by atoms with Gasteiger partial charge in [-0.05, 0) is 30.0 Å². The van der Waals surface area contributed by atoms with E-state index in [-0.39, 0.29) is 5.78 Å². The van der Waals surface area contributed by atoms with Gasteiger partial charge < -0.3 is 0 Å². The van der Waals surface area contributed by atoms with Crippen molar-refractivity contribution in [2.24, 2.45) is 0 Å². The molecule has 0 aliphatic rings. The first-order chi connectivity index (χ1) is 11.7. The van der Waals surface area contributed by atoms with Crippen LogP contribution in [0.4, 0.5) is 0 Å². The highest BCUT2D eigenvalue weighted by Crippen LogP contribution is 2.27. The number of carbonyl (C=O) groups is 1. The summed E-state index contributed by atoms with van der Waals surface area (Å²) in [6, 6.07) is 10.1. The van der Waals surface area contributed by atoms with Crippen LogP contribution in [0.1, 0.15) is 21.6 Å². The van der Waals surface area contributed by atoms with Gasteiger partial charge in [-0.3, -0.25) is 9.20 Å². The van der Waals surface area contributed by atoms with E-state index in [2.05, 4.69) is 0 Å². The molecule has 0 saturated heterocycles. The number of hydrogen-bond donors (Lipinski definition) is 0. The quantitative estimate of drug-likeness (QED) is 0.368. The third-order valence-corrected chi connectivity index (χ3v) is 5.48. The fraction of sp³-hybridized carbons (Fsp3) is 0.0526. The van der Waals surface area contributed by atoms with E-state index in [9.17, 15) is 4.79 Å². The second-order valence-corrected chi connectivity index (χ2v) is 7.05. The molecule has 24 heavy (non-hydrogen) atoms. The molecule has 4 aromatic rings. The Balaban J connectivity index is 1.78. The van der Waals surface area contributed by atoms with Crippen LogP contribution in [0.3, 0.4) is 0 Å². The average molecular weight is 350 g/mol. The summed E-state index contributed by atoms with van der Waals surface area (Å²) in [4.78, 5) is 18.1. The third-order valence-electron chi connectivity index (χ3n) is 3.86. The predicted molar refractivity (Wildman–Crippen MR) is 101 cm³/mol. The number of carbonyl (C=O) groups excluding carboxylic acids is 1. The summed E-state index contributed by atoms with van der Waals surface area (Å²) in [7, 11) is 0. The van der Waals surface area contributed by atoms with Crippen molar-refractivity contribution in [2.75, 3.05) is 0 Å². The average Bonchev–Trinajstić information content (AvgIpc) is 3.29. The minimum absolute atomic E-state index is 0.0259. The molecule has 1 aromatic carbocycles. The number of allylic oxidation sites excluding steroid dienone is 1. The Morgan fingerprint density at radius 2 is 2.04 bits per heavy atom. The number of thiazole rings is 1. The predicted octanol–water partition coefficient (Wildman–Crippen LogP) is 5.33. The second-order valence-electron chi connectivity index (χ2n) is 5.43. The standard InChI is InChI=1S/C19H14N2OS2/c1-13-11-23-12-15(13)17(22)8-7-16-18(14-5-3-2-4-6-14)20-19-21(16)9-10-24-19/h2-12H,1H3/b8-7+. The van der Waals surface area contributed by atoms with E-state index < -0.39 is 0 Å². The SMILES string of the molecule is Cc1cscc1C(=O)/C=C/c1c(-c2ccccc2)nc2sccn12. The van der Waals surface area contributed by atoms with Gasteiger partial charge in [-0.15, -0.1) is 11.3 Å². The third kappa shape index (κ3) is 2.62. The maximum Gasteiger partial charge on any atom is 0.194 e. The number of benzene rings is 1. The zero-order valence-electron chi connectivity index (χ0n) is 13.0. The Labute approximate surface area is 147 Å². The molecule has 0 amide bonds. The van der Waals surface area contributed by atoms with Crippen LogP contribution in [0, 0.1) is 6.92 Å². The number of thiophene rings is 1. The molecular weight excluding hydrogens is 336 g/mol. The first kappa shape index (κ1) is 15.1. The van der Waals surface area contributed by atoms with Crippen molar-refractivity contribution < 1.29 is 4.79 Å². The van der Waals surface area contributed by atoms with E-state index in [1.165, 1.54) is 0 Å². The number of aryl methyl sites for hydroxylation is 1. The van der Waals surface area contributed by atoms with Crippen LogP contribution in [-0.4, -0.2) is 15.2 Å². The van der Waals surface area contributed by atoms with Crippen LogP contribution in [0.15, 0.2) is 58.7 Å². The summed E-state index contributed by atoms with van der Waals surface area (Å²) in [6.45, 7) is 1.96. The molecule has 0 aliphatic heterocycles. The van der Waals surface area contributed by atoms with Gasteiger partial charge in [0.2, 0.25) is 0 Å². The lowest BCUT2D eigenvalue weighted by molar-refractivity contribution is 0.104. The molecule has 0 bridgehead atoms. The summed E-state index contributed by atoms with van der Waals surface area (Å²) in [5.74, 6) is 0.0259. The van der Waals surface area contributed by atoms with Crippen molar-refractivity contribution in [1.29, 1.82) is 0 Å². The smallest absolute Gasteiger partial charge is 0.194 e. The second kappa shape index (κ2) is 6.19. The molecule has 5 heteroatoms. The highest BCUT2D eigenvalue weighted by Gasteiger charge is 2.13. The fourth-order valence-electron chi connectivity index (χ4n) is 2.63. The highest BCUT2D eigenvalue weighted by molar-refractivity contribution is 7.15. The zero-order valence-corrected chi connectivity index (χ0v) is 14.6. The van der Waals surface area contributed by atoms with Gasteiger partial charge in [0.15, 0.2) is 10.7 Å². The van der Waals surface area contributed by atoms with E-state index in [1.54, 1.807) is 28.7 Å². The first-order valence-electron chi connectivity index (χ1n) is 7.50. The summed E-state index contributed by atoms with van der Waals surface area (Å²) in [5, 5.41) is 5.89. The number of hydrogen-bond acceptors (Lipinski definition) is 4. The molecule has 0 spiro atoms. The lowest BCUT2D eigenvalue weighted by atomic mass is 10.1. The topological polar surface area (TPSA) is 34.4 Å². The van der Waals surface area contributed by atoms with Crippen molar-refractivity contribution in [3.8, 4) is 11.3 Å². The normalized spacial score (nSPS) is 11.5. The first-order valence-corrected chi connectivity index (χ1v) is 9.32. The molecule has 3 nitrogen and oxygen atoms in total. The van der Waals surface area contributed by atoms with Gasteiger partial charge in [0.25, 0.3) is 0 Å². The Morgan fingerprint density at radius 3 is 2.79 bits per heavy atom. The van der Waals surface area contributed by atoms with E-state index in [0.29, 0.717) is 0 Å². The van der Waals surface area contributed by atoms with Crippen LogP contribution in [0.2, 0.25) is 0 Å². The molecule has 4 rings (SSSR count). The Kier molecular flexibility index (Phi) is 3.88. The van der Waals surface area contributed by atoms with E-state index in [1.807, 2.05) is 70.1 Å². The summed E-state index contributed by atoms with van der Waals surface area (Å²) in [6.07, 6.45) is 5.50. The Hall–Kier alpha value is -2.50. The monoisotopic (exact) mass is 350 g/mol. The van der Waals surface area contributed by atoms with Gasteiger partial charge in [0, 0.05) is 28.1 Å².